The number of fused-ring (bicyclic) bond motifs is 1. The fourth-order valence-corrected chi connectivity index (χ4v) is 3.31. The number of aryl methyl sites for hydroxylation is 1. The van der Waals surface area contributed by atoms with E-state index in [2.05, 4.69) is 11.4 Å². The second-order valence-corrected chi connectivity index (χ2v) is 6.38. The van der Waals surface area contributed by atoms with Gasteiger partial charge in [-0.1, -0.05) is 48.5 Å². The van der Waals surface area contributed by atoms with Gasteiger partial charge in [-0.25, -0.2) is 0 Å². The Hall–Kier alpha value is -2.27. The Morgan fingerprint density at radius 3 is 2.76 bits per heavy atom. The molecule has 0 aliphatic carbocycles. The zero-order valence-corrected chi connectivity index (χ0v) is 14.6. The summed E-state index contributed by atoms with van der Waals surface area (Å²) in [5.74, 6) is 0.437. The molecule has 25 heavy (non-hydrogen) atoms. The molecule has 0 saturated carbocycles. The largest absolute Gasteiger partial charge is 0.492 e. The van der Waals surface area contributed by atoms with E-state index >= 15 is 0 Å². The minimum absolute atomic E-state index is 0.183. The third-order valence-corrected chi connectivity index (χ3v) is 4.55. The third kappa shape index (κ3) is 3.88. The molecule has 4 nitrogen and oxygen atoms in total. The van der Waals surface area contributed by atoms with Gasteiger partial charge in [0, 0.05) is 18.6 Å². The molecule has 1 aliphatic rings. The van der Waals surface area contributed by atoms with Crippen LogP contribution in [0.25, 0.3) is 0 Å². The Kier molecular flexibility index (Phi) is 5.44. The SMILES string of the molecule is [B][C@H](CC1COc2c(C)cccc21)NC(=O)[C@H](OC)c1ccccc1. The number of carbonyl (C=O) groups excluding carboxylic acids is 1. The van der Waals surface area contributed by atoms with Gasteiger partial charge in [0.25, 0.3) is 5.91 Å². The number of para-hydroxylation sites is 1. The Bertz CT molecular complexity index is 735. The summed E-state index contributed by atoms with van der Waals surface area (Å²) >= 11 is 0. The Balaban J connectivity index is 1.62. The predicted molar refractivity (Wildman–Crippen MR) is 97.9 cm³/mol. The van der Waals surface area contributed by atoms with Crippen LogP contribution in [0, 0.1) is 6.92 Å². The van der Waals surface area contributed by atoms with E-state index in [0.29, 0.717) is 13.0 Å². The average Bonchev–Trinajstić information content (AvgIpc) is 3.01. The highest BCUT2D eigenvalue weighted by Gasteiger charge is 2.28. The lowest BCUT2D eigenvalue weighted by Crippen LogP contribution is -2.40. The number of ether oxygens (including phenoxy) is 2. The number of amides is 1. The van der Waals surface area contributed by atoms with E-state index in [9.17, 15) is 4.79 Å². The summed E-state index contributed by atoms with van der Waals surface area (Å²) in [7, 11) is 7.70. The van der Waals surface area contributed by atoms with Crippen molar-refractivity contribution in [3.63, 3.8) is 0 Å². The van der Waals surface area contributed by atoms with Gasteiger partial charge in [0.1, 0.15) is 5.75 Å². The molecule has 1 aliphatic heterocycles. The van der Waals surface area contributed by atoms with Crippen LogP contribution in [-0.4, -0.2) is 33.4 Å². The van der Waals surface area contributed by atoms with Crippen LogP contribution in [0.1, 0.15) is 35.1 Å². The maximum Gasteiger partial charge on any atom is 0.253 e. The molecule has 1 N–H and O–H groups in total. The summed E-state index contributed by atoms with van der Waals surface area (Å²) in [4.78, 5) is 12.5. The first-order valence-corrected chi connectivity index (χ1v) is 8.46. The van der Waals surface area contributed by atoms with E-state index in [4.69, 9.17) is 17.3 Å². The molecule has 3 rings (SSSR count). The lowest BCUT2D eigenvalue weighted by molar-refractivity contribution is -0.131. The monoisotopic (exact) mass is 335 g/mol. The van der Waals surface area contributed by atoms with Crippen LogP contribution in [0.15, 0.2) is 48.5 Å². The van der Waals surface area contributed by atoms with Crippen molar-refractivity contribution in [3.8, 4) is 5.75 Å². The van der Waals surface area contributed by atoms with Gasteiger partial charge in [0.15, 0.2) is 6.10 Å². The van der Waals surface area contributed by atoms with Crippen LogP contribution in [0.4, 0.5) is 0 Å². The molecule has 1 heterocycles. The summed E-state index contributed by atoms with van der Waals surface area (Å²) in [6, 6.07) is 15.5. The lowest BCUT2D eigenvalue weighted by Gasteiger charge is -2.22. The van der Waals surface area contributed by atoms with Gasteiger partial charge in [-0.05, 0) is 30.4 Å². The normalized spacial score (nSPS) is 18.1. The van der Waals surface area contributed by atoms with Gasteiger partial charge in [-0.2, -0.15) is 0 Å². The van der Waals surface area contributed by atoms with Crippen molar-refractivity contribution in [1.82, 2.24) is 5.32 Å². The van der Waals surface area contributed by atoms with Crippen molar-refractivity contribution < 1.29 is 14.3 Å². The molecule has 0 aromatic heterocycles. The fourth-order valence-electron chi connectivity index (χ4n) is 3.31. The van der Waals surface area contributed by atoms with Gasteiger partial charge in [0.2, 0.25) is 0 Å². The molecule has 0 fully saturated rings. The molecule has 3 atom stereocenters. The van der Waals surface area contributed by atoms with E-state index in [0.717, 1.165) is 22.4 Å². The van der Waals surface area contributed by atoms with E-state index in [1.54, 1.807) is 0 Å². The van der Waals surface area contributed by atoms with Gasteiger partial charge in [-0.15, -0.1) is 0 Å². The number of carbonyl (C=O) groups is 1. The van der Waals surface area contributed by atoms with Gasteiger partial charge in [0.05, 0.1) is 14.5 Å². The summed E-state index contributed by atoms with van der Waals surface area (Å²) in [6.07, 6.45) is -0.0467. The molecule has 2 aromatic rings. The van der Waals surface area contributed by atoms with Crippen LogP contribution in [-0.2, 0) is 9.53 Å². The van der Waals surface area contributed by atoms with E-state index < -0.39 is 12.0 Å². The summed E-state index contributed by atoms with van der Waals surface area (Å²) in [5.41, 5.74) is 3.09. The number of hydrogen-bond acceptors (Lipinski definition) is 3. The van der Waals surface area contributed by atoms with Gasteiger partial charge < -0.3 is 14.8 Å². The van der Waals surface area contributed by atoms with Crippen molar-refractivity contribution >= 4 is 13.8 Å². The molecule has 2 aromatic carbocycles. The predicted octanol–water partition coefficient (Wildman–Crippen LogP) is 2.86. The van der Waals surface area contributed by atoms with E-state index in [1.165, 1.54) is 7.11 Å². The van der Waals surface area contributed by atoms with Crippen molar-refractivity contribution in [3.05, 3.63) is 65.2 Å². The Labute approximate surface area is 149 Å². The minimum atomic E-state index is -0.665. The highest BCUT2D eigenvalue weighted by molar-refractivity contribution is 6.13. The first-order chi connectivity index (χ1) is 12.1. The molecule has 0 bridgehead atoms. The van der Waals surface area contributed by atoms with Gasteiger partial charge >= 0.3 is 0 Å². The lowest BCUT2D eigenvalue weighted by atomic mass is 9.84. The molecule has 0 saturated heterocycles. The second kappa shape index (κ2) is 7.75. The molecule has 5 heteroatoms. The van der Waals surface area contributed by atoms with E-state index in [1.807, 2.05) is 49.4 Å². The number of rotatable bonds is 6. The molecule has 1 amide bonds. The standard InChI is InChI=1S/C20H22BNO3/c1-13-7-6-10-16-15(12-25-18(13)16)11-17(21)22-20(23)19(24-2)14-8-4-3-5-9-14/h3-10,15,17,19H,11-12H2,1-2H3,(H,22,23)/t15?,17-,19+/m0/s1. The highest BCUT2D eigenvalue weighted by atomic mass is 16.5. The topological polar surface area (TPSA) is 47.6 Å². The zero-order valence-electron chi connectivity index (χ0n) is 14.6. The molecular formula is C20H22BNO3. The summed E-state index contributed by atoms with van der Waals surface area (Å²) < 4.78 is 11.1. The zero-order chi connectivity index (χ0) is 17.8. The Morgan fingerprint density at radius 2 is 2.04 bits per heavy atom. The first-order valence-electron chi connectivity index (χ1n) is 8.46. The van der Waals surface area contributed by atoms with E-state index in [-0.39, 0.29) is 11.8 Å². The van der Waals surface area contributed by atoms with Crippen molar-refractivity contribution in [2.24, 2.45) is 0 Å². The van der Waals surface area contributed by atoms with Crippen molar-refractivity contribution in [1.29, 1.82) is 0 Å². The second-order valence-electron chi connectivity index (χ2n) is 6.38. The van der Waals surface area contributed by atoms with Crippen LogP contribution in [0.5, 0.6) is 5.75 Å². The summed E-state index contributed by atoms with van der Waals surface area (Å²) in [6.45, 7) is 2.63. The molecule has 0 spiro atoms. The maximum atomic E-state index is 12.5. The molecular weight excluding hydrogens is 313 g/mol. The highest BCUT2D eigenvalue weighted by Crippen LogP contribution is 2.38. The van der Waals surface area contributed by atoms with Crippen molar-refractivity contribution in [2.75, 3.05) is 13.7 Å². The van der Waals surface area contributed by atoms with Crippen LogP contribution in [0.2, 0.25) is 0 Å². The average molecular weight is 335 g/mol. The Morgan fingerprint density at radius 1 is 1.28 bits per heavy atom. The number of nitrogens with one attached hydrogen (secondary N) is 1. The fraction of sp³-hybridized carbons (Fsp3) is 0.350. The first kappa shape index (κ1) is 17.6. The number of hydrogen-bond donors (Lipinski definition) is 1. The van der Waals surface area contributed by atoms with Gasteiger partial charge in [-0.3, -0.25) is 4.79 Å². The third-order valence-electron chi connectivity index (χ3n) is 4.55. The van der Waals surface area contributed by atoms with Crippen molar-refractivity contribution in [2.45, 2.75) is 31.3 Å². The van der Waals surface area contributed by atoms with Crippen LogP contribution >= 0.6 is 0 Å². The molecule has 1 unspecified atom stereocenters. The minimum Gasteiger partial charge on any atom is -0.492 e. The summed E-state index contributed by atoms with van der Waals surface area (Å²) in [5, 5.41) is 2.86. The number of benzene rings is 2. The molecule has 2 radical (unpaired) electrons. The molecule has 128 valence electrons. The quantitative estimate of drug-likeness (QED) is 0.826. The van der Waals surface area contributed by atoms with Crippen LogP contribution < -0.4 is 10.1 Å². The smallest absolute Gasteiger partial charge is 0.253 e. The van der Waals surface area contributed by atoms with Crippen LogP contribution in [0.3, 0.4) is 0 Å². The number of methoxy groups -OCH3 is 1. The maximum absolute atomic E-state index is 12.5.